The zero-order chi connectivity index (χ0) is 11.5. The second kappa shape index (κ2) is 4.37. The standard InChI is InChI=1S/C12H15N3O/c1-8(7-16)15-12-3-2-11(13)10-6-14-5-4-9(10)12/h2-6,8,15-16H,7,13H2,1H3. The summed E-state index contributed by atoms with van der Waals surface area (Å²) in [6.07, 6.45) is 3.48. The van der Waals surface area contributed by atoms with E-state index in [4.69, 9.17) is 10.8 Å². The molecule has 0 saturated carbocycles. The van der Waals surface area contributed by atoms with Crippen molar-refractivity contribution in [3.8, 4) is 0 Å². The van der Waals surface area contributed by atoms with Crippen molar-refractivity contribution in [1.82, 2.24) is 4.98 Å². The molecule has 2 aromatic rings. The van der Waals surface area contributed by atoms with Gasteiger partial charge in [-0.25, -0.2) is 0 Å². The van der Waals surface area contributed by atoms with Gasteiger partial charge < -0.3 is 16.2 Å². The average molecular weight is 217 g/mol. The summed E-state index contributed by atoms with van der Waals surface area (Å²) in [6.45, 7) is 2.01. The summed E-state index contributed by atoms with van der Waals surface area (Å²) in [7, 11) is 0. The summed E-state index contributed by atoms with van der Waals surface area (Å²) in [5.41, 5.74) is 7.55. The molecule has 0 spiro atoms. The lowest BCUT2D eigenvalue weighted by Crippen LogP contribution is -2.19. The van der Waals surface area contributed by atoms with Crippen LogP contribution in [0.25, 0.3) is 10.8 Å². The second-order valence-electron chi connectivity index (χ2n) is 3.85. The highest BCUT2D eigenvalue weighted by Gasteiger charge is 2.06. The molecule has 1 atom stereocenters. The minimum absolute atomic E-state index is 0.0139. The van der Waals surface area contributed by atoms with E-state index in [1.807, 2.05) is 25.1 Å². The highest BCUT2D eigenvalue weighted by Crippen LogP contribution is 2.27. The van der Waals surface area contributed by atoms with Crippen molar-refractivity contribution in [3.63, 3.8) is 0 Å². The van der Waals surface area contributed by atoms with Crippen LogP contribution >= 0.6 is 0 Å². The molecule has 0 radical (unpaired) electrons. The van der Waals surface area contributed by atoms with E-state index in [2.05, 4.69) is 10.3 Å². The topological polar surface area (TPSA) is 71.2 Å². The minimum Gasteiger partial charge on any atom is -0.398 e. The van der Waals surface area contributed by atoms with Crippen LogP contribution in [0.3, 0.4) is 0 Å². The van der Waals surface area contributed by atoms with Gasteiger partial charge in [0.05, 0.1) is 6.61 Å². The Bertz CT molecular complexity index is 499. The van der Waals surface area contributed by atoms with Crippen LogP contribution in [-0.4, -0.2) is 22.7 Å². The van der Waals surface area contributed by atoms with E-state index in [0.717, 1.165) is 16.5 Å². The van der Waals surface area contributed by atoms with Gasteiger partial charge in [-0.2, -0.15) is 0 Å². The summed E-state index contributed by atoms with van der Waals surface area (Å²) in [5.74, 6) is 0. The Morgan fingerprint density at radius 3 is 2.94 bits per heavy atom. The molecule has 2 rings (SSSR count). The number of rotatable bonds is 3. The number of benzene rings is 1. The number of anilines is 2. The van der Waals surface area contributed by atoms with Crippen molar-refractivity contribution in [2.45, 2.75) is 13.0 Å². The van der Waals surface area contributed by atoms with Crippen LogP contribution in [0.5, 0.6) is 0 Å². The van der Waals surface area contributed by atoms with Crippen LogP contribution in [0.2, 0.25) is 0 Å². The molecule has 0 saturated heterocycles. The molecule has 84 valence electrons. The van der Waals surface area contributed by atoms with E-state index in [0.29, 0.717) is 5.69 Å². The number of hydrogen-bond donors (Lipinski definition) is 3. The van der Waals surface area contributed by atoms with Crippen LogP contribution in [0, 0.1) is 0 Å². The first kappa shape index (κ1) is 10.7. The van der Waals surface area contributed by atoms with Gasteiger partial charge in [-0.3, -0.25) is 4.98 Å². The van der Waals surface area contributed by atoms with E-state index in [-0.39, 0.29) is 12.6 Å². The van der Waals surface area contributed by atoms with Gasteiger partial charge in [-0.1, -0.05) is 0 Å². The van der Waals surface area contributed by atoms with Gasteiger partial charge in [-0.15, -0.1) is 0 Å². The maximum absolute atomic E-state index is 9.02. The van der Waals surface area contributed by atoms with E-state index in [9.17, 15) is 0 Å². The van der Waals surface area contributed by atoms with E-state index < -0.39 is 0 Å². The average Bonchev–Trinajstić information content (AvgIpc) is 2.33. The van der Waals surface area contributed by atoms with Crippen LogP contribution in [0.15, 0.2) is 30.6 Å². The third-order valence-electron chi connectivity index (χ3n) is 2.53. The lowest BCUT2D eigenvalue weighted by Gasteiger charge is -2.15. The molecule has 1 unspecified atom stereocenters. The van der Waals surface area contributed by atoms with Gasteiger partial charge in [-0.05, 0) is 25.1 Å². The fourth-order valence-corrected chi connectivity index (χ4v) is 1.65. The third-order valence-corrected chi connectivity index (χ3v) is 2.53. The van der Waals surface area contributed by atoms with E-state index in [1.54, 1.807) is 12.4 Å². The monoisotopic (exact) mass is 217 g/mol. The van der Waals surface area contributed by atoms with Crippen molar-refractivity contribution in [3.05, 3.63) is 30.6 Å². The molecule has 0 fully saturated rings. The van der Waals surface area contributed by atoms with Gasteiger partial charge in [0.15, 0.2) is 0 Å². The fraction of sp³-hybridized carbons (Fsp3) is 0.250. The first-order valence-electron chi connectivity index (χ1n) is 5.22. The van der Waals surface area contributed by atoms with Gasteiger partial charge in [0.25, 0.3) is 0 Å². The Hall–Kier alpha value is -1.81. The first-order valence-corrected chi connectivity index (χ1v) is 5.22. The second-order valence-corrected chi connectivity index (χ2v) is 3.85. The highest BCUT2D eigenvalue weighted by atomic mass is 16.3. The molecule has 4 nitrogen and oxygen atoms in total. The Balaban J connectivity index is 2.50. The van der Waals surface area contributed by atoms with Crippen LogP contribution < -0.4 is 11.1 Å². The SMILES string of the molecule is CC(CO)Nc1ccc(N)c2cnccc12. The summed E-state index contributed by atoms with van der Waals surface area (Å²) in [5, 5.41) is 14.2. The number of hydrogen-bond acceptors (Lipinski definition) is 4. The van der Waals surface area contributed by atoms with Crippen molar-refractivity contribution in [1.29, 1.82) is 0 Å². The molecule has 0 aliphatic heterocycles. The molecule has 1 aromatic carbocycles. The molecule has 0 aliphatic carbocycles. The number of nitrogens with one attached hydrogen (secondary N) is 1. The number of nitrogen functional groups attached to an aromatic ring is 1. The van der Waals surface area contributed by atoms with Crippen LogP contribution in [-0.2, 0) is 0 Å². The number of aliphatic hydroxyl groups excluding tert-OH is 1. The smallest absolute Gasteiger partial charge is 0.0630 e. The van der Waals surface area contributed by atoms with Gasteiger partial charge in [0.1, 0.15) is 0 Å². The molecule has 4 heteroatoms. The molecule has 1 aromatic heterocycles. The summed E-state index contributed by atoms with van der Waals surface area (Å²) >= 11 is 0. The lowest BCUT2D eigenvalue weighted by atomic mass is 10.1. The Morgan fingerprint density at radius 2 is 2.19 bits per heavy atom. The third kappa shape index (κ3) is 1.92. The van der Waals surface area contributed by atoms with Gasteiger partial charge in [0.2, 0.25) is 0 Å². The molecule has 0 bridgehead atoms. The quantitative estimate of drug-likeness (QED) is 0.683. The van der Waals surface area contributed by atoms with E-state index >= 15 is 0 Å². The Labute approximate surface area is 94.1 Å². The largest absolute Gasteiger partial charge is 0.398 e. The fourth-order valence-electron chi connectivity index (χ4n) is 1.65. The molecular formula is C12H15N3O. The molecular weight excluding hydrogens is 202 g/mol. The Kier molecular flexibility index (Phi) is 2.92. The maximum Gasteiger partial charge on any atom is 0.0630 e. The van der Waals surface area contributed by atoms with Crippen molar-refractivity contribution in [2.75, 3.05) is 17.7 Å². The van der Waals surface area contributed by atoms with Crippen molar-refractivity contribution < 1.29 is 5.11 Å². The molecule has 0 amide bonds. The number of aliphatic hydroxyl groups is 1. The zero-order valence-electron chi connectivity index (χ0n) is 9.14. The predicted molar refractivity (Wildman–Crippen MR) is 66.3 cm³/mol. The normalized spacial score (nSPS) is 12.6. The molecule has 16 heavy (non-hydrogen) atoms. The van der Waals surface area contributed by atoms with Gasteiger partial charge >= 0.3 is 0 Å². The van der Waals surface area contributed by atoms with Crippen molar-refractivity contribution in [2.24, 2.45) is 0 Å². The first-order chi connectivity index (χ1) is 7.72. The van der Waals surface area contributed by atoms with Crippen LogP contribution in [0.4, 0.5) is 11.4 Å². The lowest BCUT2D eigenvalue weighted by molar-refractivity contribution is 0.281. The number of fused-ring (bicyclic) bond motifs is 1. The summed E-state index contributed by atoms with van der Waals surface area (Å²) in [4.78, 5) is 4.06. The van der Waals surface area contributed by atoms with Crippen molar-refractivity contribution >= 4 is 22.1 Å². The van der Waals surface area contributed by atoms with E-state index in [1.165, 1.54) is 0 Å². The number of aromatic nitrogens is 1. The number of pyridine rings is 1. The molecule has 1 heterocycles. The number of nitrogens with two attached hydrogens (primary N) is 1. The predicted octanol–water partition coefficient (Wildman–Crippen LogP) is 1.61. The minimum atomic E-state index is 0.0139. The maximum atomic E-state index is 9.02. The Morgan fingerprint density at radius 1 is 1.38 bits per heavy atom. The summed E-state index contributed by atoms with van der Waals surface area (Å²) in [6, 6.07) is 5.69. The van der Waals surface area contributed by atoms with Crippen LogP contribution in [0.1, 0.15) is 6.92 Å². The zero-order valence-corrected chi connectivity index (χ0v) is 9.14. The molecule has 4 N–H and O–H groups in total. The number of nitrogens with zero attached hydrogens (tertiary/aromatic N) is 1. The van der Waals surface area contributed by atoms with Gasteiger partial charge in [0, 0.05) is 40.6 Å². The summed E-state index contributed by atoms with van der Waals surface area (Å²) < 4.78 is 0. The molecule has 0 aliphatic rings. The highest BCUT2D eigenvalue weighted by molar-refractivity contribution is 6.00.